The summed E-state index contributed by atoms with van der Waals surface area (Å²) < 4.78 is 5.69. The number of nitrogens with one attached hydrogen (secondary N) is 1. The quantitative estimate of drug-likeness (QED) is 0.804. The van der Waals surface area contributed by atoms with Crippen LogP contribution in [0.25, 0.3) is 0 Å². The molecule has 142 valence electrons. The molecule has 1 N–H and O–H groups in total. The molecule has 2 saturated heterocycles. The van der Waals surface area contributed by atoms with Crippen LogP contribution in [0.3, 0.4) is 0 Å². The highest BCUT2D eigenvalue weighted by molar-refractivity contribution is 5.78. The van der Waals surface area contributed by atoms with Crippen molar-refractivity contribution < 1.29 is 14.3 Å². The molecular formula is C19H28N4O3. The average molecular weight is 360 g/mol. The van der Waals surface area contributed by atoms with Crippen molar-refractivity contribution in [2.45, 2.75) is 44.8 Å². The SMILES string of the molecule is O=C(CCNC(=O)N(Cc1ccncc1)C[C@@H]1CCCO1)N1CCCC1. The van der Waals surface area contributed by atoms with Gasteiger partial charge in [-0.1, -0.05) is 0 Å². The molecular weight excluding hydrogens is 332 g/mol. The van der Waals surface area contributed by atoms with Crippen LogP contribution in [0.4, 0.5) is 4.79 Å². The molecule has 0 aliphatic carbocycles. The van der Waals surface area contributed by atoms with E-state index < -0.39 is 0 Å². The van der Waals surface area contributed by atoms with Gasteiger partial charge in [-0.25, -0.2) is 4.79 Å². The lowest BCUT2D eigenvalue weighted by atomic mass is 10.2. The summed E-state index contributed by atoms with van der Waals surface area (Å²) in [5, 5.41) is 2.90. The molecule has 26 heavy (non-hydrogen) atoms. The molecule has 3 rings (SSSR count). The first-order valence-corrected chi connectivity index (χ1v) is 9.53. The number of carbonyl (C=O) groups is 2. The number of hydrogen-bond donors (Lipinski definition) is 1. The first-order valence-electron chi connectivity index (χ1n) is 9.53. The van der Waals surface area contributed by atoms with Crippen molar-refractivity contribution in [3.8, 4) is 0 Å². The minimum Gasteiger partial charge on any atom is -0.376 e. The summed E-state index contributed by atoms with van der Waals surface area (Å²) in [5.41, 5.74) is 1.03. The second-order valence-electron chi connectivity index (χ2n) is 6.94. The van der Waals surface area contributed by atoms with E-state index in [2.05, 4.69) is 10.3 Å². The maximum Gasteiger partial charge on any atom is 0.317 e. The number of rotatable bonds is 7. The van der Waals surface area contributed by atoms with E-state index in [0.29, 0.717) is 26.1 Å². The molecule has 0 spiro atoms. The second kappa shape index (κ2) is 9.52. The molecule has 1 aromatic rings. The molecule has 2 aliphatic rings. The van der Waals surface area contributed by atoms with Gasteiger partial charge < -0.3 is 19.9 Å². The Morgan fingerprint density at radius 1 is 1.23 bits per heavy atom. The average Bonchev–Trinajstić information content (AvgIpc) is 3.36. The minimum absolute atomic E-state index is 0.0915. The summed E-state index contributed by atoms with van der Waals surface area (Å²) in [6, 6.07) is 3.67. The largest absolute Gasteiger partial charge is 0.376 e. The Hall–Kier alpha value is -2.15. The van der Waals surface area contributed by atoms with Crippen LogP contribution in [0.15, 0.2) is 24.5 Å². The third kappa shape index (κ3) is 5.42. The molecule has 0 radical (unpaired) electrons. The van der Waals surface area contributed by atoms with E-state index in [9.17, 15) is 9.59 Å². The Bertz CT molecular complexity index is 584. The minimum atomic E-state index is -0.147. The van der Waals surface area contributed by atoms with Gasteiger partial charge in [0.2, 0.25) is 5.91 Å². The van der Waals surface area contributed by atoms with Crippen LogP contribution in [0.1, 0.15) is 37.7 Å². The Balaban J connectivity index is 1.50. The number of pyridine rings is 1. The van der Waals surface area contributed by atoms with Crippen LogP contribution >= 0.6 is 0 Å². The number of likely N-dealkylation sites (tertiary alicyclic amines) is 1. The van der Waals surface area contributed by atoms with Crippen molar-refractivity contribution in [2.75, 3.05) is 32.8 Å². The second-order valence-corrected chi connectivity index (χ2v) is 6.94. The van der Waals surface area contributed by atoms with Crippen LogP contribution in [-0.2, 0) is 16.1 Å². The fourth-order valence-corrected chi connectivity index (χ4v) is 3.47. The van der Waals surface area contributed by atoms with E-state index >= 15 is 0 Å². The molecule has 0 saturated carbocycles. The van der Waals surface area contributed by atoms with Crippen LogP contribution in [0, 0.1) is 0 Å². The van der Waals surface area contributed by atoms with Gasteiger partial charge in [0, 0.05) is 58.1 Å². The predicted molar refractivity (Wildman–Crippen MR) is 97.5 cm³/mol. The van der Waals surface area contributed by atoms with Gasteiger partial charge in [-0.05, 0) is 43.4 Å². The van der Waals surface area contributed by atoms with E-state index in [1.807, 2.05) is 17.0 Å². The van der Waals surface area contributed by atoms with Gasteiger partial charge in [-0.3, -0.25) is 9.78 Å². The summed E-state index contributed by atoms with van der Waals surface area (Å²) >= 11 is 0. The van der Waals surface area contributed by atoms with E-state index in [-0.39, 0.29) is 18.0 Å². The van der Waals surface area contributed by atoms with Crippen molar-refractivity contribution in [2.24, 2.45) is 0 Å². The maximum atomic E-state index is 12.7. The highest BCUT2D eigenvalue weighted by Gasteiger charge is 2.23. The molecule has 1 aromatic heterocycles. The molecule has 7 nitrogen and oxygen atoms in total. The zero-order valence-corrected chi connectivity index (χ0v) is 15.2. The number of aromatic nitrogens is 1. The van der Waals surface area contributed by atoms with Gasteiger partial charge in [0.05, 0.1) is 6.10 Å². The van der Waals surface area contributed by atoms with Crippen molar-refractivity contribution in [1.29, 1.82) is 0 Å². The highest BCUT2D eigenvalue weighted by atomic mass is 16.5. The lowest BCUT2D eigenvalue weighted by Crippen LogP contribution is -2.44. The molecule has 2 fully saturated rings. The summed E-state index contributed by atoms with van der Waals surface area (Å²) in [6.45, 7) is 3.90. The van der Waals surface area contributed by atoms with Crippen molar-refractivity contribution in [1.82, 2.24) is 20.1 Å². The van der Waals surface area contributed by atoms with E-state index in [1.54, 1.807) is 17.3 Å². The van der Waals surface area contributed by atoms with Crippen LogP contribution in [0.2, 0.25) is 0 Å². The Labute approximate surface area is 154 Å². The third-order valence-corrected chi connectivity index (χ3v) is 4.93. The molecule has 3 amide bonds. The summed E-state index contributed by atoms with van der Waals surface area (Å²) in [7, 11) is 0. The first-order chi connectivity index (χ1) is 12.7. The van der Waals surface area contributed by atoms with Gasteiger partial charge >= 0.3 is 6.03 Å². The number of carbonyl (C=O) groups excluding carboxylic acids is 2. The zero-order valence-electron chi connectivity index (χ0n) is 15.2. The molecule has 0 unspecified atom stereocenters. The Morgan fingerprint density at radius 2 is 2.00 bits per heavy atom. The standard InChI is InChI=1S/C19H28N4O3/c24-18(22-11-1-2-12-22)7-10-21-19(25)23(15-17-4-3-13-26-17)14-16-5-8-20-9-6-16/h5-6,8-9,17H,1-4,7,10-15H2,(H,21,25)/t17-/m0/s1. The fraction of sp³-hybridized carbons (Fsp3) is 0.632. The van der Waals surface area contributed by atoms with Gasteiger partial charge in [0.25, 0.3) is 0 Å². The first kappa shape index (κ1) is 18.6. The fourth-order valence-electron chi connectivity index (χ4n) is 3.47. The van der Waals surface area contributed by atoms with Gasteiger partial charge in [-0.15, -0.1) is 0 Å². The zero-order chi connectivity index (χ0) is 18.2. The monoisotopic (exact) mass is 360 g/mol. The van der Waals surface area contributed by atoms with Gasteiger partial charge in [0.1, 0.15) is 0 Å². The highest BCUT2D eigenvalue weighted by Crippen LogP contribution is 2.15. The predicted octanol–water partition coefficient (Wildman–Crippen LogP) is 1.78. The molecule has 7 heteroatoms. The number of nitrogens with zero attached hydrogens (tertiary/aromatic N) is 3. The number of urea groups is 1. The summed E-state index contributed by atoms with van der Waals surface area (Å²) in [6.07, 6.45) is 8.09. The normalized spacial score (nSPS) is 19.5. The summed E-state index contributed by atoms with van der Waals surface area (Å²) in [5.74, 6) is 0.127. The van der Waals surface area contributed by atoms with Gasteiger partial charge in [-0.2, -0.15) is 0 Å². The molecule has 3 heterocycles. The van der Waals surface area contributed by atoms with Crippen molar-refractivity contribution in [3.05, 3.63) is 30.1 Å². The molecule has 2 aliphatic heterocycles. The lowest BCUT2D eigenvalue weighted by molar-refractivity contribution is -0.129. The number of amides is 3. The third-order valence-electron chi connectivity index (χ3n) is 4.93. The lowest BCUT2D eigenvalue weighted by Gasteiger charge is -2.26. The summed E-state index contributed by atoms with van der Waals surface area (Å²) in [4.78, 5) is 32.4. The smallest absolute Gasteiger partial charge is 0.317 e. The molecule has 0 aromatic carbocycles. The Kier molecular flexibility index (Phi) is 6.82. The molecule has 1 atom stereocenters. The number of ether oxygens (including phenoxy) is 1. The molecule has 0 bridgehead atoms. The Morgan fingerprint density at radius 3 is 2.69 bits per heavy atom. The van der Waals surface area contributed by atoms with Gasteiger partial charge in [0.15, 0.2) is 0 Å². The van der Waals surface area contributed by atoms with E-state index in [0.717, 1.165) is 50.9 Å². The topological polar surface area (TPSA) is 74.8 Å². The van der Waals surface area contributed by atoms with Crippen LogP contribution in [-0.4, -0.2) is 65.6 Å². The number of hydrogen-bond acceptors (Lipinski definition) is 4. The van der Waals surface area contributed by atoms with Crippen molar-refractivity contribution in [3.63, 3.8) is 0 Å². The van der Waals surface area contributed by atoms with E-state index in [1.165, 1.54) is 0 Å². The van der Waals surface area contributed by atoms with Crippen LogP contribution < -0.4 is 5.32 Å². The van der Waals surface area contributed by atoms with Crippen molar-refractivity contribution >= 4 is 11.9 Å². The van der Waals surface area contributed by atoms with Crippen LogP contribution in [0.5, 0.6) is 0 Å². The maximum absolute atomic E-state index is 12.7. The van der Waals surface area contributed by atoms with E-state index in [4.69, 9.17) is 4.74 Å².